The van der Waals surface area contributed by atoms with Gasteiger partial charge in [-0.1, -0.05) is 0 Å². The quantitative estimate of drug-likeness (QED) is 0.764. The molecule has 0 spiro atoms. The Morgan fingerprint density at radius 2 is 1.96 bits per heavy atom. The molecule has 1 amide bonds. The molecule has 1 aromatic carbocycles. The molecule has 0 fully saturated rings. The lowest BCUT2D eigenvalue weighted by molar-refractivity contribution is -0.123. The second-order valence-corrected chi connectivity index (χ2v) is 5.28. The largest absolute Gasteiger partial charge is 0.484 e. The van der Waals surface area contributed by atoms with E-state index in [1.165, 1.54) is 23.9 Å². The summed E-state index contributed by atoms with van der Waals surface area (Å²) in [4.78, 5) is 38.6. The molecule has 1 aromatic heterocycles. The maximum absolute atomic E-state index is 11.7. The molecule has 0 radical (unpaired) electrons. The standard InChI is InChI=1S/C17H19N3O4/c1-12-9-17(23)20(11-19-12)8-7-18-16(22)10-24-15-5-3-14(4-6-15)13(2)21/h3-6,9,11H,7-8,10H2,1-2H3,(H,18,22). The van der Waals surface area contributed by atoms with Gasteiger partial charge in [-0.3, -0.25) is 19.0 Å². The van der Waals surface area contributed by atoms with Crippen LogP contribution >= 0.6 is 0 Å². The average molecular weight is 329 g/mol. The first-order valence-electron chi connectivity index (χ1n) is 7.49. The number of carbonyl (C=O) groups excluding carboxylic acids is 2. The van der Waals surface area contributed by atoms with Gasteiger partial charge >= 0.3 is 0 Å². The van der Waals surface area contributed by atoms with Crippen LogP contribution in [-0.2, 0) is 11.3 Å². The van der Waals surface area contributed by atoms with Crippen LogP contribution in [-0.4, -0.2) is 34.4 Å². The van der Waals surface area contributed by atoms with Gasteiger partial charge in [0.2, 0.25) is 0 Å². The minimum Gasteiger partial charge on any atom is -0.484 e. The van der Waals surface area contributed by atoms with Crippen LogP contribution in [0.15, 0.2) is 41.5 Å². The van der Waals surface area contributed by atoms with Gasteiger partial charge in [0.25, 0.3) is 11.5 Å². The number of rotatable bonds is 7. The lowest BCUT2D eigenvalue weighted by atomic mass is 10.1. The number of hydrogen-bond acceptors (Lipinski definition) is 5. The predicted octanol–water partition coefficient (Wildman–Crippen LogP) is 0.950. The number of aromatic nitrogens is 2. The van der Waals surface area contributed by atoms with E-state index in [2.05, 4.69) is 10.3 Å². The van der Waals surface area contributed by atoms with Crippen LogP contribution in [0.3, 0.4) is 0 Å². The van der Waals surface area contributed by atoms with Crippen LogP contribution in [0.25, 0.3) is 0 Å². The third kappa shape index (κ3) is 5.05. The molecule has 1 heterocycles. The fraction of sp³-hybridized carbons (Fsp3) is 0.294. The lowest BCUT2D eigenvalue weighted by Crippen LogP contribution is -2.33. The number of aryl methyl sites for hydroxylation is 1. The van der Waals surface area contributed by atoms with Crippen LogP contribution < -0.4 is 15.6 Å². The molecule has 24 heavy (non-hydrogen) atoms. The number of ether oxygens (including phenoxy) is 1. The minimum absolute atomic E-state index is 0.0277. The van der Waals surface area contributed by atoms with E-state index in [1.54, 1.807) is 31.2 Å². The fourth-order valence-electron chi connectivity index (χ4n) is 1.99. The van der Waals surface area contributed by atoms with Crippen molar-refractivity contribution in [2.24, 2.45) is 0 Å². The topological polar surface area (TPSA) is 90.3 Å². The smallest absolute Gasteiger partial charge is 0.258 e. The van der Waals surface area contributed by atoms with Crippen molar-refractivity contribution < 1.29 is 14.3 Å². The van der Waals surface area contributed by atoms with Gasteiger partial charge in [0, 0.05) is 30.4 Å². The van der Waals surface area contributed by atoms with Crippen molar-refractivity contribution in [2.45, 2.75) is 20.4 Å². The second kappa shape index (κ2) is 8.05. The summed E-state index contributed by atoms with van der Waals surface area (Å²) in [7, 11) is 0. The number of benzene rings is 1. The molecule has 0 saturated heterocycles. The number of carbonyl (C=O) groups is 2. The van der Waals surface area contributed by atoms with Crippen LogP contribution in [0, 0.1) is 6.92 Å². The molecule has 2 aromatic rings. The van der Waals surface area contributed by atoms with E-state index in [1.807, 2.05) is 0 Å². The van der Waals surface area contributed by atoms with Gasteiger partial charge in [0.1, 0.15) is 5.75 Å². The monoisotopic (exact) mass is 329 g/mol. The first-order chi connectivity index (χ1) is 11.5. The van der Waals surface area contributed by atoms with Crippen LogP contribution in [0.5, 0.6) is 5.75 Å². The summed E-state index contributed by atoms with van der Waals surface area (Å²) in [6.07, 6.45) is 1.46. The van der Waals surface area contributed by atoms with Crippen molar-refractivity contribution in [3.8, 4) is 5.75 Å². The Morgan fingerprint density at radius 1 is 1.25 bits per heavy atom. The number of nitrogens with zero attached hydrogens (tertiary/aromatic N) is 2. The number of hydrogen-bond donors (Lipinski definition) is 1. The molecule has 0 atom stereocenters. The van der Waals surface area contributed by atoms with Crippen LogP contribution in [0.4, 0.5) is 0 Å². The zero-order valence-corrected chi connectivity index (χ0v) is 13.6. The van der Waals surface area contributed by atoms with E-state index in [9.17, 15) is 14.4 Å². The van der Waals surface area contributed by atoms with Crippen molar-refractivity contribution in [3.63, 3.8) is 0 Å². The third-order valence-corrected chi connectivity index (χ3v) is 3.32. The SMILES string of the molecule is CC(=O)c1ccc(OCC(=O)NCCn2cnc(C)cc2=O)cc1. The summed E-state index contributed by atoms with van der Waals surface area (Å²) in [5.41, 5.74) is 1.09. The molecule has 7 heteroatoms. The fourth-order valence-corrected chi connectivity index (χ4v) is 1.99. The third-order valence-electron chi connectivity index (χ3n) is 3.32. The summed E-state index contributed by atoms with van der Waals surface area (Å²) in [5.74, 6) is 0.188. The summed E-state index contributed by atoms with van der Waals surface area (Å²) >= 11 is 0. The Kier molecular flexibility index (Phi) is 5.83. The molecular formula is C17H19N3O4. The maximum Gasteiger partial charge on any atom is 0.258 e. The van der Waals surface area contributed by atoms with Gasteiger partial charge in [0.15, 0.2) is 12.4 Å². The highest BCUT2D eigenvalue weighted by Gasteiger charge is 2.04. The summed E-state index contributed by atoms with van der Waals surface area (Å²) in [6.45, 7) is 3.73. The summed E-state index contributed by atoms with van der Waals surface area (Å²) < 4.78 is 6.77. The predicted molar refractivity (Wildman–Crippen MR) is 88.2 cm³/mol. The van der Waals surface area contributed by atoms with Crippen molar-refractivity contribution in [2.75, 3.05) is 13.2 Å². The summed E-state index contributed by atoms with van der Waals surface area (Å²) in [5, 5.41) is 2.67. The number of ketones is 1. The molecule has 0 aliphatic heterocycles. The molecule has 0 aliphatic rings. The Hall–Kier alpha value is -2.96. The van der Waals surface area contributed by atoms with Gasteiger partial charge < -0.3 is 10.1 Å². The first kappa shape index (κ1) is 17.4. The molecule has 7 nitrogen and oxygen atoms in total. The lowest BCUT2D eigenvalue weighted by Gasteiger charge is -2.09. The Balaban J connectivity index is 1.75. The van der Waals surface area contributed by atoms with E-state index >= 15 is 0 Å². The number of amides is 1. The van der Waals surface area contributed by atoms with E-state index in [0.29, 0.717) is 30.1 Å². The highest BCUT2D eigenvalue weighted by atomic mass is 16.5. The van der Waals surface area contributed by atoms with E-state index in [-0.39, 0.29) is 23.9 Å². The zero-order chi connectivity index (χ0) is 17.5. The van der Waals surface area contributed by atoms with E-state index in [4.69, 9.17) is 4.74 Å². The first-order valence-corrected chi connectivity index (χ1v) is 7.49. The Labute approximate surface area is 139 Å². The molecule has 2 rings (SSSR count). The average Bonchev–Trinajstić information content (AvgIpc) is 2.55. The molecule has 0 saturated carbocycles. The molecule has 0 unspecified atom stereocenters. The molecule has 126 valence electrons. The number of Topliss-reactive ketones (excluding diaryl/α,β-unsaturated/α-hetero) is 1. The minimum atomic E-state index is -0.293. The van der Waals surface area contributed by atoms with Crippen LogP contribution in [0.2, 0.25) is 0 Å². The maximum atomic E-state index is 11.7. The Bertz CT molecular complexity index is 781. The van der Waals surface area contributed by atoms with Crippen molar-refractivity contribution in [1.29, 1.82) is 0 Å². The Morgan fingerprint density at radius 3 is 2.58 bits per heavy atom. The highest BCUT2D eigenvalue weighted by molar-refractivity contribution is 5.94. The second-order valence-electron chi connectivity index (χ2n) is 5.28. The normalized spacial score (nSPS) is 10.2. The van der Waals surface area contributed by atoms with Gasteiger partial charge in [-0.2, -0.15) is 0 Å². The van der Waals surface area contributed by atoms with Crippen molar-refractivity contribution in [1.82, 2.24) is 14.9 Å². The van der Waals surface area contributed by atoms with Gasteiger partial charge in [-0.15, -0.1) is 0 Å². The van der Waals surface area contributed by atoms with Crippen molar-refractivity contribution >= 4 is 11.7 Å². The van der Waals surface area contributed by atoms with Gasteiger partial charge in [-0.05, 0) is 38.1 Å². The summed E-state index contributed by atoms with van der Waals surface area (Å²) in [6, 6.07) is 8.01. The number of nitrogens with one attached hydrogen (secondary N) is 1. The van der Waals surface area contributed by atoms with Crippen LogP contribution in [0.1, 0.15) is 23.0 Å². The van der Waals surface area contributed by atoms with Gasteiger partial charge in [0.05, 0.1) is 6.33 Å². The molecule has 0 bridgehead atoms. The van der Waals surface area contributed by atoms with Crippen molar-refractivity contribution in [3.05, 3.63) is 58.3 Å². The molecule has 1 N–H and O–H groups in total. The molecular weight excluding hydrogens is 310 g/mol. The highest BCUT2D eigenvalue weighted by Crippen LogP contribution is 2.12. The van der Waals surface area contributed by atoms with E-state index < -0.39 is 0 Å². The zero-order valence-electron chi connectivity index (χ0n) is 13.6. The molecule has 0 aliphatic carbocycles. The van der Waals surface area contributed by atoms with Gasteiger partial charge in [-0.25, -0.2) is 4.98 Å². The van der Waals surface area contributed by atoms with E-state index in [0.717, 1.165) is 0 Å².